The highest BCUT2D eigenvalue weighted by Gasteiger charge is 2.35. The predicted octanol–water partition coefficient (Wildman–Crippen LogP) is 4.15. The van der Waals surface area contributed by atoms with E-state index in [1.807, 2.05) is 4.90 Å². The van der Waals surface area contributed by atoms with E-state index in [4.69, 9.17) is 0 Å². The van der Waals surface area contributed by atoms with Gasteiger partial charge in [0.1, 0.15) is 5.69 Å². The zero-order valence-electron chi connectivity index (χ0n) is 18.7. The average Bonchev–Trinajstić information content (AvgIpc) is 3.05. The van der Waals surface area contributed by atoms with Gasteiger partial charge in [0.05, 0.1) is 22.2 Å². The Morgan fingerprint density at radius 1 is 1.15 bits per heavy atom. The monoisotopic (exact) mass is 466 g/mol. The van der Waals surface area contributed by atoms with Crippen molar-refractivity contribution in [2.24, 2.45) is 0 Å². The van der Waals surface area contributed by atoms with Crippen molar-refractivity contribution in [1.29, 1.82) is 0 Å². The molecule has 2 heterocycles. The maximum absolute atomic E-state index is 13.1. The van der Waals surface area contributed by atoms with Crippen molar-refractivity contribution < 1.29 is 27.7 Å². The van der Waals surface area contributed by atoms with E-state index in [2.05, 4.69) is 4.98 Å². The maximum atomic E-state index is 13.1. The van der Waals surface area contributed by atoms with Crippen LogP contribution < -0.4 is 4.90 Å². The lowest BCUT2D eigenvalue weighted by Crippen LogP contribution is -2.52. The average molecular weight is 466 g/mol. The van der Waals surface area contributed by atoms with Crippen LogP contribution in [-0.2, 0) is 6.18 Å². The molecule has 2 aromatic rings. The number of aromatic nitrogens is 1. The number of hydrogen-bond donors (Lipinski definition) is 1. The lowest BCUT2D eigenvalue weighted by molar-refractivity contribution is -0.384. The van der Waals surface area contributed by atoms with Gasteiger partial charge in [-0.25, -0.2) is 0 Å². The first kappa shape index (κ1) is 24.4. The first-order chi connectivity index (χ1) is 15.3. The van der Waals surface area contributed by atoms with Crippen molar-refractivity contribution in [2.45, 2.75) is 39.9 Å². The van der Waals surface area contributed by atoms with Crippen LogP contribution in [0.3, 0.4) is 0 Å². The van der Waals surface area contributed by atoms with Crippen LogP contribution in [0, 0.1) is 24.0 Å². The van der Waals surface area contributed by atoms with E-state index < -0.39 is 28.4 Å². The van der Waals surface area contributed by atoms with Crippen molar-refractivity contribution in [2.75, 3.05) is 31.1 Å². The molecule has 1 N–H and O–H groups in total. The third-order valence-electron chi connectivity index (χ3n) is 6.12. The molecule has 8 nitrogen and oxygen atoms in total. The number of nitrogens with one attached hydrogen (secondary N) is 1. The normalized spacial score (nSPS) is 16.0. The number of anilines is 1. The van der Waals surface area contributed by atoms with Gasteiger partial charge in [-0.15, -0.1) is 0 Å². The molecule has 1 saturated heterocycles. The molecule has 0 aliphatic carbocycles. The smallest absolute Gasteiger partial charge is 0.363 e. The number of benzene rings is 1. The minimum absolute atomic E-state index is 0.119. The van der Waals surface area contributed by atoms with Crippen molar-refractivity contribution >= 4 is 22.9 Å². The number of aryl methyl sites for hydroxylation is 1. The molecule has 1 aromatic heterocycles. The molecule has 1 aromatic carbocycles. The third-order valence-corrected chi connectivity index (χ3v) is 6.12. The topological polar surface area (TPSA) is 99.6 Å². The van der Waals surface area contributed by atoms with Gasteiger partial charge in [0, 0.05) is 43.5 Å². The SMILES string of the molecule is CC(=O)c1c(C)[nH]c(C(=O)C(C)N2CCN(c3ccc(C(F)(F)F)cc3[N+](=O)[O-])CC2)c1C. The highest BCUT2D eigenvalue weighted by atomic mass is 19.4. The van der Waals surface area contributed by atoms with Crippen LogP contribution in [0.2, 0.25) is 0 Å². The second kappa shape index (κ2) is 8.97. The number of rotatable bonds is 6. The van der Waals surface area contributed by atoms with E-state index >= 15 is 0 Å². The Labute approximate surface area is 188 Å². The van der Waals surface area contributed by atoms with Crippen LogP contribution >= 0.6 is 0 Å². The zero-order valence-corrected chi connectivity index (χ0v) is 18.7. The largest absolute Gasteiger partial charge is 0.416 e. The fourth-order valence-corrected chi connectivity index (χ4v) is 4.36. The standard InChI is InChI=1S/C22H25F3N4O4/c1-12-19(15(4)30)13(2)26-20(12)21(31)14(3)27-7-9-28(10-8-27)17-6-5-16(22(23,24)25)11-18(17)29(32)33/h5-6,11,14,26H,7-10H2,1-4H3. The second-order valence-corrected chi connectivity index (χ2v) is 8.20. The summed E-state index contributed by atoms with van der Waals surface area (Å²) >= 11 is 0. The molecular weight excluding hydrogens is 441 g/mol. The van der Waals surface area contributed by atoms with Gasteiger partial charge in [0.25, 0.3) is 5.69 Å². The van der Waals surface area contributed by atoms with E-state index in [-0.39, 0.29) is 17.3 Å². The summed E-state index contributed by atoms with van der Waals surface area (Å²) in [6, 6.07) is 2.01. The molecule has 1 aliphatic heterocycles. The van der Waals surface area contributed by atoms with E-state index in [9.17, 15) is 32.9 Å². The van der Waals surface area contributed by atoms with E-state index in [0.29, 0.717) is 54.8 Å². The summed E-state index contributed by atoms with van der Waals surface area (Å²) in [6.07, 6.45) is -4.67. The van der Waals surface area contributed by atoms with Gasteiger partial charge in [0.15, 0.2) is 11.6 Å². The molecule has 0 saturated carbocycles. The number of hydrogen-bond acceptors (Lipinski definition) is 6. The Hall–Kier alpha value is -3.21. The van der Waals surface area contributed by atoms with Crippen LogP contribution in [0.5, 0.6) is 0 Å². The fraction of sp³-hybridized carbons (Fsp3) is 0.455. The number of nitro groups is 1. The Balaban J connectivity index is 1.75. The highest BCUT2D eigenvalue weighted by molar-refractivity contribution is 6.05. The second-order valence-electron chi connectivity index (χ2n) is 8.20. The molecular formula is C22H25F3N4O4. The number of halogens is 3. The molecule has 11 heteroatoms. The minimum atomic E-state index is -4.67. The molecule has 1 aliphatic rings. The van der Waals surface area contributed by atoms with E-state index in [1.165, 1.54) is 6.92 Å². The summed E-state index contributed by atoms with van der Waals surface area (Å²) in [7, 11) is 0. The van der Waals surface area contributed by atoms with Crippen LogP contribution in [0.25, 0.3) is 0 Å². The number of nitrogens with zero attached hydrogens (tertiary/aromatic N) is 3. The van der Waals surface area contributed by atoms with Gasteiger partial charge >= 0.3 is 6.18 Å². The van der Waals surface area contributed by atoms with Crippen molar-refractivity contribution in [3.63, 3.8) is 0 Å². The Morgan fingerprint density at radius 3 is 2.24 bits per heavy atom. The van der Waals surface area contributed by atoms with Gasteiger partial charge in [-0.3, -0.25) is 24.6 Å². The van der Waals surface area contributed by atoms with Crippen molar-refractivity contribution in [3.05, 3.63) is 56.4 Å². The fourth-order valence-electron chi connectivity index (χ4n) is 4.36. The van der Waals surface area contributed by atoms with E-state index in [0.717, 1.165) is 12.1 Å². The summed E-state index contributed by atoms with van der Waals surface area (Å²) < 4.78 is 38.9. The van der Waals surface area contributed by atoms with Crippen LogP contribution in [0.1, 0.15) is 51.5 Å². The minimum Gasteiger partial charge on any atom is -0.363 e. The number of carbonyl (C=O) groups excluding carboxylic acids is 2. The summed E-state index contributed by atoms with van der Waals surface area (Å²) in [5.74, 6) is -0.295. The van der Waals surface area contributed by atoms with Crippen LogP contribution in [-0.4, -0.2) is 58.6 Å². The molecule has 0 amide bonds. The first-order valence-electron chi connectivity index (χ1n) is 10.4. The van der Waals surface area contributed by atoms with Gasteiger partial charge in [0.2, 0.25) is 0 Å². The lowest BCUT2D eigenvalue weighted by atomic mass is 10.0. The summed E-state index contributed by atoms with van der Waals surface area (Å²) in [5.41, 5.74) is 0.574. The summed E-state index contributed by atoms with van der Waals surface area (Å²) in [5, 5.41) is 11.4. The molecule has 1 unspecified atom stereocenters. The number of aromatic amines is 1. The molecule has 0 bridgehead atoms. The number of H-pyrrole nitrogens is 1. The molecule has 1 atom stereocenters. The van der Waals surface area contributed by atoms with Crippen LogP contribution in [0.4, 0.5) is 24.5 Å². The number of Topliss-reactive ketones (excluding diaryl/α,β-unsaturated/α-hetero) is 2. The lowest BCUT2D eigenvalue weighted by Gasteiger charge is -2.38. The third kappa shape index (κ3) is 4.77. The van der Waals surface area contributed by atoms with Crippen LogP contribution in [0.15, 0.2) is 18.2 Å². The number of piperazine rings is 1. The van der Waals surface area contributed by atoms with Crippen molar-refractivity contribution in [3.8, 4) is 0 Å². The van der Waals surface area contributed by atoms with E-state index in [1.54, 1.807) is 25.7 Å². The van der Waals surface area contributed by atoms with Crippen molar-refractivity contribution in [1.82, 2.24) is 9.88 Å². The number of ketones is 2. The molecule has 0 radical (unpaired) electrons. The number of carbonyl (C=O) groups is 2. The maximum Gasteiger partial charge on any atom is 0.416 e. The Bertz CT molecular complexity index is 1100. The molecule has 0 spiro atoms. The Kier molecular flexibility index (Phi) is 6.64. The highest BCUT2D eigenvalue weighted by Crippen LogP contribution is 2.37. The van der Waals surface area contributed by atoms with Gasteiger partial charge < -0.3 is 9.88 Å². The molecule has 33 heavy (non-hydrogen) atoms. The zero-order chi connectivity index (χ0) is 24.7. The molecule has 1 fully saturated rings. The molecule has 3 rings (SSSR count). The Morgan fingerprint density at radius 2 is 1.76 bits per heavy atom. The summed E-state index contributed by atoms with van der Waals surface area (Å²) in [6.45, 7) is 8.06. The van der Waals surface area contributed by atoms with Gasteiger partial charge in [-0.1, -0.05) is 0 Å². The summed E-state index contributed by atoms with van der Waals surface area (Å²) in [4.78, 5) is 42.1. The quantitative estimate of drug-likeness (QED) is 0.390. The first-order valence-corrected chi connectivity index (χ1v) is 10.4. The van der Waals surface area contributed by atoms with Gasteiger partial charge in [-0.05, 0) is 45.4 Å². The molecule has 178 valence electrons. The van der Waals surface area contributed by atoms with Gasteiger partial charge in [-0.2, -0.15) is 13.2 Å². The number of alkyl halides is 3. The predicted molar refractivity (Wildman–Crippen MR) is 116 cm³/mol. The number of nitro benzene ring substituents is 1.